The molecule has 0 rings (SSSR count). The summed E-state index contributed by atoms with van der Waals surface area (Å²) in [6, 6.07) is 0. The van der Waals surface area contributed by atoms with Crippen LogP contribution in [0.1, 0.15) is 26.7 Å². The van der Waals surface area contributed by atoms with Gasteiger partial charge in [-0.3, -0.25) is 4.79 Å². The van der Waals surface area contributed by atoms with Crippen molar-refractivity contribution in [2.45, 2.75) is 26.7 Å². The molecule has 0 bridgehead atoms. The first kappa shape index (κ1) is 15.1. The number of rotatable bonds is 9. The zero-order valence-corrected chi connectivity index (χ0v) is 10.4. The maximum Gasteiger partial charge on any atom is 0.233 e. The van der Waals surface area contributed by atoms with E-state index in [9.17, 15) is 9.90 Å². The molecule has 0 spiro atoms. The average molecular weight is 228 g/mol. The van der Waals surface area contributed by atoms with Gasteiger partial charge in [0.05, 0.1) is 13.2 Å². The molecule has 0 aromatic rings. The van der Waals surface area contributed by atoms with Crippen molar-refractivity contribution in [3.63, 3.8) is 0 Å². The molecule has 0 fully saturated rings. The Morgan fingerprint density at radius 2 is 2.06 bits per heavy atom. The summed E-state index contributed by atoms with van der Waals surface area (Å²) < 4.78 is 0. The molecule has 4 heteroatoms. The molecule has 0 heterocycles. The van der Waals surface area contributed by atoms with Crippen LogP contribution in [0.5, 0.6) is 0 Å². The van der Waals surface area contributed by atoms with Crippen LogP contribution >= 0.6 is 0 Å². The van der Waals surface area contributed by atoms with Crippen LogP contribution in [0.25, 0.3) is 0 Å². The van der Waals surface area contributed by atoms with E-state index >= 15 is 0 Å². The Bertz CT molecular complexity index is 205. The van der Waals surface area contributed by atoms with Gasteiger partial charge in [-0.15, -0.1) is 6.58 Å². The molecule has 1 amide bonds. The fourth-order valence-corrected chi connectivity index (χ4v) is 1.42. The van der Waals surface area contributed by atoms with Gasteiger partial charge in [0.2, 0.25) is 5.91 Å². The van der Waals surface area contributed by atoms with Crippen LogP contribution in [0.3, 0.4) is 0 Å². The second-order valence-corrected chi connectivity index (χ2v) is 4.06. The zero-order chi connectivity index (χ0) is 12.4. The van der Waals surface area contributed by atoms with Gasteiger partial charge in [0.15, 0.2) is 0 Å². The van der Waals surface area contributed by atoms with Gasteiger partial charge < -0.3 is 15.7 Å². The minimum atomic E-state index is -0.173. The lowest BCUT2D eigenvalue weighted by Crippen LogP contribution is -2.42. The molecular weight excluding hydrogens is 204 g/mol. The van der Waals surface area contributed by atoms with Crippen LogP contribution in [0.4, 0.5) is 0 Å². The van der Waals surface area contributed by atoms with Crippen LogP contribution in [-0.2, 0) is 4.79 Å². The number of hydrogen-bond donors (Lipinski definition) is 3. The van der Waals surface area contributed by atoms with Crippen molar-refractivity contribution in [2.24, 2.45) is 5.41 Å². The third kappa shape index (κ3) is 5.28. The highest BCUT2D eigenvalue weighted by molar-refractivity contribution is 5.78. The lowest BCUT2D eigenvalue weighted by atomic mass is 9.83. The number of hydrogen-bond acceptors (Lipinski definition) is 3. The third-order valence-corrected chi connectivity index (χ3v) is 3.07. The molecule has 16 heavy (non-hydrogen) atoms. The van der Waals surface area contributed by atoms with Gasteiger partial charge in [-0.1, -0.05) is 19.9 Å². The Kier molecular flexibility index (Phi) is 7.85. The van der Waals surface area contributed by atoms with Crippen LogP contribution < -0.4 is 10.6 Å². The predicted octanol–water partition coefficient (Wildman–Crippen LogP) is 0.677. The van der Waals surface area contributed by atoms with Crippen molar-refractivity contribution in [1.82, 2.24) is 10.6 Å². The molecule has 0 saturated carbocycles. The number of carbonyl (C=O) groups excluding carboxylic acids is 1. The molecule has 3 N–H and O–H groups in total. The molecule has 0 unspecified atom stereocenters. The summed E-state index contributed by atoms with van der Waals surface area (Å²) in [6.07, 6.45) is 3.43. The maximum atomic E-state index is 11.4. The largest absolute Gasteiger partial charge is 0.396 e. The van der Waals surface area contributed by atoms with Crippen molar-refractivity contribution in [3.05, 3.63) is 12.7 Å². The van der Waals surface area contributed by atoms with Crippen molar-refractivity contribution < 1.29 is 9.90 Å². The summed E-state index contributed by atoms with van der Waals surface area (Å²) in [5.74, 6) is -0.0402. The highest BCUT2D eigenvalue weighted by Crippen LogP contribution is 2.24. The first-order valence-electron chi connectivity index (χ1n) is 5.83. The SMILES string of the molecule is C=CCNCC(=O)NCC(CC)(CC)CO. The normalized spacial score (nSPS) is 11.2. The Labute approximate surface area is 98.1 Å². The van der Waals surface area contributed by atoms with Gasteiger partial charge in [-0.05, 0) is 12.8 Å². The highest BCUT2D eigenvalue weighted by atomic mass is 16.3. The van der Waals surface area contributed by atoms with Gasteiger partial charge in [0.1, 0.15) is 0 Å². The summed E-state index contributed by atoms with van der Waals surface area (Å²) in [4.78, 5) is 11.4. The first-order chi connectivity index (χ1) is 7.64. The van der Waals surface area contributed by atoms with Gasteiger partial charge in [-0.2, -0.15) is 0 Å². The molecule has 94 valence electrons. The van der Waals surface area contributed by atoms with Crippen molar-refractivity contribution in [3.8, 4) is 0 Å². The fourth-order valence-electron chi connectivity index (χ4n) is 1.42. The van der Waals surface area contributed by atoms with E-state index in [0.717, 1.165) is 12.8 Å². The molecular formula is C12H24N2O2. The number of aliphatic hydroxyl groups excluding tert-OH is 1. The van der Waals surface area contributed by atoms with Crippen LogP contribution in [0.15, 0.2) is 12.7 Å². The Hall–Kier alpha value is -0.870. The predicted molar refractivity (Wildman–Crippen MR) is 66.2 cm³/mol. The minimum absolute atomic E-state index is 0.0402. The van der Waals surface area contributed by atoms with E-state index in [-0.39, 0.29) is 17.9 Å². The molecule has 0 aliphatic rings. The summed E-state index contributed by atoms with van der Waals surface area (Å²) in [5, 5.41) is 15.1. The second kappa shape index (κ2) is 8.30. The van der Waals surface area contributed by atoms with E-state index in [4.69, 9.17) is 0 Å². The summed E-state index contributed by atoms with van der Waals surface area (Å²) in [7, 11) is 0. The van der Waals surface area contributed by atoms with Crippen molar-refractivity contribution in [2.75, 3.05) is 26.2 Å². The lowest BCUT2D eigenvalue weighted by molar-refractivity contribution is -0.120. The topological polar surface area (TPSA) is 61.4 Å². The molecule has 0 atom stereocenters. The number of amides is 1. The first-order valence-corrected chi connectivity index (χ1v) is 5.83. The van der Waals surface area contributed by atoms with E-state index in [2.05, 4.69) is 17.2 Å². The Morgan fingerprint density at radius 3 is 2.50 bits per heavy atom. The summed E-state index contributed by atoms with van der Waals surface area (Å²) in [6.45, 7) is 9.18. The molecule has 0 aliphatic carbocycles. The van der Waals surface area contributed by atoms with Gasteiger partial charge in [0.25, 0.3) is 0 Å². The molecule has 0 radical (unpaired) electrons. The maximum absolute atomic E-state index is 11.4. The van der Waals surface area contributed by atoms with E-state index in [1.807, 2.05) is 13.8 Å². The number of nitrogens with one attached hydrogen (secondary N) is 2. The zero-order valence-electron chi connectivity index (χ0n) is 10.4. The monoisotopic (exact) mass is 228 g/mol. The smallest absolute Gasteiger partial charge is 0.233 e. The molecule has 0 aliphatic heterocycles. The molecule has 0 aromatic carbocycles. The van der Waals surface area contributed by atoms with Gasteiger partial charge in [0, 0.05) is 18.5 Å². The van der Waals surface area contributed by atoms with Gasteiger partial charge in [-0.25, -0.2) is 0 Å². The van der Waals surface area contributed by atoms with E-state index in [1.165, 1.54) is 0 Å². The van der Waals surface area contributed by atoms with Crippen LogP contribution in [0, 0.1) is 5.41 Å². The molecule has 4 nitrogen and oxygen atoms in total. The number of aliphatic hydroxyl groups is 1. The van der Waals surface area contributed by atoms with Gasteiger partial charge >= 0.3 is 0 Å². The average Bonchev–Trinajstić information content (AvgIpc) is 2.32. The van der Waals surface area contributed by atoms with Crippen LogP contribution in [0.2, 0.25) is 0 Å². The highest BCUT2D eigenvalue weighted by Gasteiger charge is 2.25. The number of carbonyl (C=O) groups is 1. The summed E-state index contributed by atoms with van der Waals surface area (Å²) in [5.41, 5.74) is -0.173. The van der Waals surface area contributed by atoms with E-state index < -0.39 is 0 Å². The van der Waals surface area contributed by atoms with Crippen molar-refractivity contribution in [1.29, 1.82) is 0 Å². The van der Waals surface area contributed by atoms with Crippen molar-refractivity contribution >= 4 is 5.91 Å². The quantitative estimate of drug-likeness (QED) is 0.402. The standard InChI is InChI=1S/C12H24N2O2/c1-4-7-13-8-11(16)14-9-12(5-2,6-3)10-15/h4,13,15H,1,5-10H2,2-3H3,(H,14,16). The third-order valence-electron chi connectivity index (χ3n) is 3.07. The Balaban J connectivity index is 3.91. The summed E-state index contributed by atoms with van der Waals surface area (Å²) >= 11 is 0. The lowest BCUT2D eigenvalue weighted by Gasteiger charge is -2.29. The molecule has 0 aromatic heterocycles. The van der Waals surface area contributed by atoms with E-state index in [1.54, 1.807) is 6.08 Å². The van der Waals surface area contributed by atoms with Crippen LogP contribution in [-0.4, -0.2) is 37.3 Å². The van der Waals surface area contributed by atoms with E-state index in [0.29, 0.717) is 19.6 Å². The molecule has 0 saturated heterocycles. The fraction of sp³-hybridized carbons (Fsp3) is 0.750. The minimum Gasteiger partial charge on any atom is -0.396 e. The Morgan fingerprint density at radius 1 is 1.44 bits per heavy atom. The second-order valence-electron chi connectivity index (χ2n) is 4.06.